The predicted molar refractivity (Wildman–Crippen MR) is 85.0 cm³/mol. The van der Waals surface area contributed by atoms with Gasteiger partial charge in [-0.25, -0.2) is 8.42 Å². The Labute approximate surface area is 127 Å². The van der Waals surface area contributed by atoms with Crippen LogP contribution < -0.4 is 10.5 Å². The molecule has 0 aliphatic carbocycles. The third-order valence-corrected chi connectivity index (χ3v) is 5.01. The van der Waals surface area contributed by atoms with Crippen LogP contribution in [0.25, 0.3) is 0 Å². The zero-order chi connectivity index (χ0) is 16.0. The fraction of sp³-hybridized carbons (Fsp3) is 0.571. The Balaban J connectivity index is 3.09. The molecule has 0 heterocycles. The van der Waals surface area contributed by atoms with Crippen molar-refractivity contribution in [1.82, 2.24) is 9.21 Å². The van der Waals surface area contributed by atoms with Crippen molar-refractivity contribution in [3.63, 3.8) is 0 Å². The molecule has 6 nitrogen and oxygen atoms in total. The minimum Gasteiger partial charge on any atom is -0.495 e. The van der Waals surface area contributed by atoms with E-state index in [2.05, 4.69) is 0 Å². The van der Waals surface area contributed by atoms with Crippen LogP contribution in [0.4, 0.5) is 5.69 Å². The molecule has 0 fully saturated rings. The predicted octanol–water partition coefficient (Wildman–Crippen LogP) is 1.24. The van der Waals surface area contributed by atoms with E-state index in [0.29, 0.717) is 31.1 Å². The van der Waals surface area contributed by atoms with Crippen molar-refractivity contribution in [3.05, 3.63) is 18.2 Å². The van der Waals surface area contributed by atoms with Gasteiger partial charge in [0.1, 0.15) is 5.75 Å². The van der Waals surface area contributed by atoms with Gasteiger partial charge in [0, 0.05) is 25.7 Å². The molecule has 0 atom stereocenters. The van der Waals surface area contributed by atoms with Crippen molar-refractivity contribution in [2.24, 2.45) is 0 Å². The molecule has 0 aromatic heterocycles. The van der Waals surface area contributed by atoms with Crippen LogP contribution in [0.3, 0.4) is 0 Å². The Morgan fingerprint density at radius 3 is 2.38 bits per heavy atom. The average Bonchev–Trinajstić information content (AvgIpc) is 2.43. The molecule has 2 N–H and O–H groups in total. The molecule has 21 heavy (non-hydrogen) atoms. The molecule has 120 valence electrons. The van der Waals surface area contributed by atoms with Crippen LogP contribution in [0.1, 0.15) is 13.3 Å². The Hall–Kier alpha value is -1.31. The number of anilines is 1. The second-order valence-corrected chi connectivity index (χ2v) is 7.05. The molecule has 0 unspecified atom stereocenters. The number of hydrogen-bond acceptors (Lipinski definition) is 5. The van der Waals surface area contributed by atoms with Crippen molar-refractivity contribution in [2.45, 2.75) is 18.2 Å². The summed E-state index contributed by atoms with van der Waals surface area (Å²) in [6.45, 7) is 3.58. The third-order valence-electron chi connectivity index (χ3n) is 3.11. The molecule has 7 heteroatoms. The Kier molecular flexibility index (Phi) is 6.44. The van der Waals surface area contributed by atoms with E-state index in [4.69, 9.17) is 10.5 Å². The van der Waals surface area contributed by atoms with Crippen LogP contribution in [0, 0.1) is 0 Å². The summed E-state index contributed by atoms with van der Waals surface area (Å²) in [5.41, 5.74) is 6.16. The van der Waals surface area contributed by atoms with Crippen molar-refractivity contribution in [1.29, 1.82) is 0 Å². The molecule has 0 radical (unpaired) electrons. The summed E-state index contributed by atoms with van der Waals surface area (Å²) in [5, 5.41) is 0. The number of nitrogen functional groups attached to an aromatic ring is 1. The van der Waals surface area contributed by atoms with E-state index in [0.717, 1.165) is 6.42 Å². The van der Waals surface area contributed by atoms with Crippen molar-refractivity contribution in [3.8, 4) is 5.75 Å². The summed E-state index contributed by atoms with van der Waals surface area (Å²) in [6.07, 6.45) is 0.763. The quantitative estimate of drug-likeness (QED) is 0.731. The van der Waals surface area contributed by atoms with E-state index in [1.165, 1.54) is 23.5 Å². The van der Waals surface area contributed by atoms with Gasteiger partial charge in [-0.3, -0.25) is 0 Å². The second kappa shape index (κ2) is 7.63. The van der Waals surface area contributed by atoms with Gasteiger partial charge in [0.15, 0.2) is 0 Å². The highest BCUT2D eigenvalue weighted by Crippen LogP contribution is 2.26. The monoisotopic (exact) mass is 315 g/mol. The summed E-state index contributed by atoms with van der Waals surface area (Å²) in [5.74, 6) is 0.375. The summed E-state index contributed by atoms with van der Waals surface area (Å²) >= 11 is 0. The van der Waals surface area contributed by atoms with Crippen molar-refractivity contribution >= 4 is 15.7 Å². The molecular weight excluding hydrogens is 290 g/mol. The lowest BCUT2D eigenvalue weighted by molar-refractivity contribution is 0.332. The first-order valence-corrected chi connectivity index (χ1v) is 8.35. The Morgan fingerprint density at radius 1 is 1.19 bits per heavy atom. The van der Waals surface area contributed by atoms with Crippen LogP contribution in [-0.2, 0) is 10.0 Å². The molecule has 0 spiro atoms. The van der Waals surface area contributed by atoms with E-state index >= 15 is 0 Å². The van der Waals surface area contributed by atoms with Crippen LogP contribution in [0.2, 0.25) is 0 Å². The first-order chi connectivity index (χ1) is 9.82. The highest BCUT2D eigenvalue weighted by Gasteiger charge is 2.24. The molecule has 1 aromatic carbocycles. The zero-order valence-electron chi connectivity index (χ0n) is 13.2. The Bertz CT molecular complexity index is 559. The summed E-state index contributed by atoms with van der Waals surface area (Å²) in [4.78, 5) is 2.17. The van der Waals surface area contributed by atoms with Gasteiger partial charge in [0.05, 0.1) is 17.7 Å². The summed E-state index contributed by atoms with van der Waals surface area (Å²) in [6, 6.07) is 4.55. The molecule has 1 aromatic rings. The first-order valence-electron chi connectivity index (χ1n) is 6.91. The summed E-state index contributed by atoms with van der Waals surface area (Å²) < 4.78 is 32.1. The highest BCUT2D eigenvalue weighted by molar-refractivity contribution is 7.89. The normalized spacial score (nSPS) is 12.1. The molecule has 0 saturated carbocycles. The summed E-state index contributed by atoms with van der Waals surface area (Å²) in [7, 11) is 1.77. The maximum Gasteiger partial charge on any atom is 0.243 e. The number of benzene rings is 1. The van der Waals surface area contributed by atoms with Gasteiger partial charge >= 0.3 is 0 Å². The topological polar surface area (TPSA) is 75.9 Å². The minimum absolute atomic E-state index is 0.209. The second-order valence-electron chi connectivity index (χ2n) is 5.11. The van der Waals surface area contributed by atoms with E-state index in [1.807, 2.05) is 25.9 Å². The van der Waals surface area contributed by atoms with E-state index in [-0.39, 0.29) is 4.90 Å². The number of hydrogen-bond donors (Lipinski definition) is 1. The number of methoxy groups -OCH3 is 1. The number of nitrogens with two attached hydrogens (primary N) is 1. The molecule has 0 saturated heterocycles. The molecule has 0 aliphatic rings. The molecular formula is C14H25N3O3S. The number of nitrogens with zero attached hydrogens (tertiary/aromatic N) is 2. The maximum absolute atomic E-state index is 12.7. The number of rotatable bonds is 8. The van der Waals surface area contributed by atoms with Crippen molar-refractivity contribution in [2.75, 3.05) is 46.6 Å². The number of sulfonamides is 1. The van der Waals surface area contributed by atoms with E-state index in [9.17, 15) is 8.42 Å². The molecule has 1 rings (SSSR count). The van der Waals surface area contributed by atoms with Crippen LogP contribution >= 0.6 is 0 Å². The van der Waals surface area contributed by atoms with Gasteiger partial charge in [-0.2, -0.15) is 4.31 Å². The van der Waals surface area contributed by atoms with Crippen LogP contribution in [0.5, 0.6) is 5.75 Å². The molecule has 0 amide bonds. The van der Waals surface area contributed by atoms with Crippen molar-refractivity contribution < 1.29 is 13.2 Å². The fourth-order valence-electron chi connectivity index (χ4n) is 1.91. The largest absolute Gasteiger partial charge is 0.495 e. The Morgan fingerprint density at radius 2 is 1.86 bits per heavy atom. The van der Waals surface area contributed by atoms with Gasteiger partial charge < -0.3 is 15.4 Å². The van der Waals surface area contributed by atoms with Gasteiger partial charge in [0.2, 0.25) is 10.0 Å². The lowest BCUT2D eigenvalue weighted by atomic mass is 10.3. The van der Waals surface area contributed by atoms with Crippen LogP contribution in [0.15, 0.2) is 23.1 Å². The number of ether oxygens (including phenoxy) is 1. The molecule has 0 bridgehead atoms. The highest BCUT2D eigenvalue weighted by atomic mass is 32.2. The number of likely N-dealkylation sites (N-methyl/N-ethyl adjacent to an activating group) is 1. The molecule has 0 aliphatic heterocycles. The van der Waals surface area contributed by atoms with E-state index in [1.54, 1.807) is 6.07 Å². The fourth-order valence-corrected chi connectivity index (χ4v) is 3.45. The standard InChI is InChI=1S/C14H25N3O3S/c1-5-8-17(10-9-16(2)3)21(18,19)12-6-7-13(15)14(11-12)20-4/h6-7,11H,5,8-10,15H2,1-4H3. The lowest BCUT2D eigenvalue weighted by Crippen LogP contribution is -2.37. The van der Waals surface area contributed by atoms with Crippen LogP contribution in [-0.4, -0.2) is 58.5 Å². The first kappa shape index (κ1) is 17.7. The van der Waals surface area contributed by atoms with Gasteiger partial charge in [-0.1, -0.05) is 6.92 Å². The van der Waals surface area contributed by atoms with E-state index < -0.39 is 10.0 Å². The third kappa shape index (κ3) is 4.59. The minimum atomic E-state index is -3.54. The maximum atomic E-state index is 12.7. The van der Waals surface area contributed by atoms with Gasteiger partial charge in [-0.15, -0.1) is 0 Å². The lowest BCUT2D eigenvalue weighted by Gasteiger charge is -2.23. The van der Waals surface area contributed by atoms with Gasteiger partial charge in [-0.05, 0) is 32.6 Å². The zero-order valence-corrected chi connectivity index (χ0v) is 14.0. The smallest absolute Gasteiger partial charge is 0.243 e. The SMILES string of the molecule is CCCN(CCN(C)C)S(=O)(=O)c1ccc(N)c(OC)c1. The van der Waals surface area contributed by atoms with Gasteiger partial charge in [0.25, 0.3) is 0 Å². The average molecular weight is 315 g/mol.